The van der Waals surface area contributed by atoms with E-state index in [1.807, 2.05) is 0 Å². The SMILES string of the molecule is O=C(Nc1ncccn1)c1cc([N+](=O)[O-])cc(S(=O)(=O)Nc2ccccc2Cl)c1. The van der Waals surface area contributed by atoms with Gasteiger partial charge in [-0.3, -0.25) is 24.9 Å². The lowest BCUT2D eigenvalue weighted by molar-refractivity contribution is -0.385. The summed E-state index contributed by atoms with van der Waals surface area (Å²) < 4.78 is 27.7. The largest absolute Gasteiger partial charge is 0.290 e. The lowest BCUT2D eigenvalue weighted by atomic mass is 10.2. The fourth-order valence-electron chi connectivity index (χ4n) is 2.26. The molecule has 3 aromatic rings. The standard InChI is InChI=1S/C17H12ClN5O5S/c18-14-4-1-2-5-15(14)22-29(27,28)13-9-11(8-12(10-13)23(25)26)16(24)21-17-19-6-3-7-20-17/h1-10,22H,(H,19,20,21,24). The number of para-hydroxylation sites is 1. The Morgan fingerprint density at radius 1 is 1.07 bits per heavy atom. The maximum absolute atomic E-state index is 12.7. The predicted molar refractivity (Wildman–Crippen MR) is 105 cm³/mol. The van der Waals surface area contributed by atoms with Crippen LogP contribution in [-0.2, 0) is 10.0 Å². The lowest BCUT2D eigenvalue weighted by Crippen LogP contribution is -2.17. The molecule has 2 aromatic carbocycles. The Hall–Kier alpha value is -3.57. The first-order chi connectivity index (χ1) is 13.8. The lowest BCUT2D eigenvalue weighted by Gasteiger charge is -2.11. The predicted octanol–water partition coefficient (Wildman–Crippen LogP) is 3.09. The molecule has 0 radical (unpaired) electrons. The van der Waals surface area contributed by atoms with Gasteiger partial charge in [-0.25, -0.2) is 18.4 Å². The average Bonchev–Trinajstić information content (AvgIpc) is 2.70. The molecule has 0 aliphatic rings. The van der Waals surface area contributed by atoms with Gasteiger partial charge in [-0.05, 0) is 24.3 Å². The fourth-order valence-corrected chi connectivity index (χ4v) is 3.64. The van der Waals surface area contributed by atoms with E-state index in [-0.39, 0.29) is 22.2 Å². The highest BCUT2D eigenvalue weighted by Gasteiger charge is 2.23. The van der Waals surface area contributed by atoms with Gasteiger partial charge in [0.25, 0.3) is 21.6 Å². The van der Waals surface area contributed by atoms with E-state index in [4.69, 9.17) is 11.6 Å². The molecule has 1 heterocycles. The van der Waals surface area contributed by atoms with Crippen LogP contribution in [0.3, 0.4) is 0 Å². The van der Waals surface area contributed by atoms with Crippen LogP contribution in [0.2, 0.25) is 5.02 Å². The minimum absolute atomic E-state index is 0.0393. The van der Waals surface area contributed by atoms with Gasteiger partial charge in [-0.15, -0.1) is 0 Å². The van der Waals surface area contributed by atoms with Gasteiger partial charge >= 0.3 is 0 Å². The van der Waals surface area contributed by atoms with Crippen LogP contribution in [0.15, 0.2) is 65.8 Å². The molecule has 3 rings (SSSR count). The third-order valence-corrected chi connectivity index (χ3v) is 5.26. The molecule has 0 aliphatic heterocycles. The van der Waals surface area contributed by atoms with Gasteiger partial charge in [0.2, 0.25) is 5.95 Å². The van der Waals surface area contributed by atoms with Gasteiger partial charge < -0.3 is 0 Å². The molecule has 10 nitrogen and oxygen atoms in total. The monoisotopic (exact) mass is 433 g/mol. The van der Waals surface area contributed by atoms with Crippen molar-refractivity contribution in [1.82, 2.24) is 9.97 Å². The number of rotatable bonds is 6. The Kier molecular flexibility index (Phi) is 5.71. The average molecular weight is 434 g/mol. The number of aromatic nitrogens is 2. The molecule has 1 aromatic heterocycles. The molecule has 0 saturated carbocycles. The third-order valence-electron chi connectivity index (χ3n) is 3.58. The summed E-state index contributed by atoms with van der Waals surface area (Å²) in [5.41, 5.74) is -0.748. The number of non-ortho nitro benzene ring substituents is 1. The zero-order valence-corrected chi connectivity index (χ0v) is 16.0. The van der Waals surface area contributed by atoms with E-state index in [9.17, 15) is 23.3 Å². The van der Waals surface area contributed by atoms with E-state index >= 15 is 0 Å². The van der Waals surface area contributed by atoms with Crippen LogP contribution in [-0.4, -0.2) is 29.2 Å². The Bertz CT molecular complexity index is 1190. The van der Waals surface area contributed by atoms with Gasteiger partial charge in [0.15, 0.2) is 0 Å². The molecule has 0 bridgehead atoms. The molecule has 1 amide bonds. The number of nitro benzene ring substituents is 1. The molecular weight excluding hydrogens is 422 g/mol. The van der Waals surface area contributed by atoms with Crippen LogP contribution in [0.4, 0.5) is 17.3 Å². The molecule has 0 spiro atoms. The number of carbonyl (C=O) groups is 1. The van der Waals surface area contributed by atoms with E-state index in [1.165, 1.54) is 30.6 Å². The summed E-state index contributed by atoms with van der Waals surface area (Å²) in [5, 5.41) is 13.7. The van der Waals surface area contributed by atoms with Crippen LogP contribution in [0.5, 0.6) is 0 Å². The second-order valence-corrected chi connectivity index (χ2v) is 7.67. The first-order valence-corrected chi connectivity index (χ1v) is 9.77. The Labute approximate surface area is 169 Å². The number of halogens is 1. The van der Waals surface area contributed by atoms with E-state index in [0.717, 1.165) is 18.2 Å². The van der Waals surface area contributed by atoms with E-state index in [2.05, 4.69) is 20.0 Å². The van der Waals surface area contributed by atoms with Gasteiger partial charge in [0, 0.05) is 30.1 Å². The van der Waals surface area contributed by atoms with Crippen molar-refractivity contribution in [3.05, 3.63) is 81.6 Å². The summed E-state index contributed by atoms with van der Waals surface area (Å²) in [4.78, 5) is 30.0. The van der Waals surface area contributed by atoms with Gasteiger partial charge in [0.1, 0.15) is 0 Å². The van der Waals surface area contributed by atoms with Crippen molar-refractivity contribution in [1.29, 1.82) is 0 Å². The van der Waals surface area contributed by atoms with Crippen LogP contribution in [0.1, 0.15) is 10.4 Å². The van der Waals surface area contributed by atoms with Crippen LogP contribution < -0.4 is 10.0 Å². The number of nitrogens with zero attached hydrogens (tertiary/aromatic N) is 3. The minimum Gasteiger partial charge on any atom is -0.290 e. The van der Waals surface area contributed by atoms with Crippen molar-refractivity contribution in [3.63, 3.8) is 0 Å². The summed E-state index contributed by atoms with van der Waals surface area (Å²) in [6, 6.07) is 10.4. The normalized spacial score (nSPS) is 10.9. The molecule has 148 valence electrons. The summed E-state index contributed by atoms with van der Waals surface area (Å²) >= 11 is 5.96. The zero-order valence-electron chi connectivity index (χ0n) is 14.4. The third kappa shape index (κ3) is 4.83. The highest BCUT2D eigenvalue weighted by atomic mass is 35.5. The second-order valence-electron chi connectivity index (χ2n) is 5.58. The summed E-state index contributed by atoms with van der Waals surface area (Å²) in [5.74, 6) is -0.850. The Morgan fingerprint density at radius 3 is 2.41 bits per heavy atom. The second kappa shape index (κ2) is 8.20. The number of nitro groups is 1. The molecular formula is C17H12ClN5O5S. The molecule has 0 unspecified atom stereocenters. The summed E-state index contributed by atoms with van der Waals surface area (Å²) in [7, 11) is -4.27. The van der Waals surface area contributed by atoms with Crippen molar-refractivity contribution in [3.8, 4) is 0 Å². The van der Waals surface area contributed by atoms with Crippen LogP contribution >= 0.6 is 11.6 Å². The number of hydrogen-bond acceptors (Lipinski definition) is 7. The highest BCUT2D eigenvalue weighted by molar-refractivity contribution is 7.92. The first-order valence-electron chi connectivity index (χ1n) is 7.91. The van der Waals surface area contributed by atoms with Crippen molar-refractivity contribution in [2.24, 2.45) is 0 Å². The Balaban J connectivity index is 1.99. The van der Waals surface area contributed by atoms with E-state index < -0.39 is 31.4 Å². The topological polar surface area (TPSA) is 144 Å². The molecule has 2 N–H and O–H groups in total. The molecule has 0 saturated heterocycles. The number of hydrogen-bond donors (Lipinski definition) is 2. The number of carbonyl (C=O) groups excluding carboxylic acids is 1. The fraction of sp³-hybridized carbons (Fsp3) is 0. The molecule has 29 heavy (non-hydrogen) atoms. The molecule has 12 heteroatoms. The Morgan fingerprint density at radius 2 is 1.76 bits per heavy atom. The van der Waals surface area contributed by atoms with Gasteiger partial charge in [-0.2, -0.15) is 0 Å². The van der Waals surface area contributed by atoms with Gasteiger partial charge in [0.05, 0.1) is 20.5 Å². The first kappa shape index (κ1) is 20.2. The number of benzene rings is 2. The van der Waals surface area contributed by atoms with Crippen molar-refractivity contribution >= 4 is 44.9 Å². The number of nitrogens with one attached hydrogen (secondary N) is 2. The van der Waals surface area contributed by atoms with Crippen molar-refractivity contribution < 1.29 is 18.1 Å². The highest BCUT2D eigenvalue weighted by Crippen LogP contribution is 2.26. The molecule has 0 aliphatic carbocycles. The number of sulfonamides is 1. The minimum atomic E-state index is -4.27. The van der Waals surface area contributed by atoms with Crippen LogP contribution in [0.25, 0.3) is 0 Å². The summed E-state index contributed by atoms with van der Waals surface area (Å²) in [6.07, 6.45) is 2.78. The number of anilines is 2. The molecule has 0 fully saturated rings. The summed E-state index contributed by atoms with van der Waals surface area (Å²) in [6.45, 7) is 0. The maximum Gasteiger partial charge on any atom is 0.271 e. The van der Waals surface area contributed by atoms with Crippen molar-refractivity contribution in [2.75, 3.05) is 10.0 Å². The van der Waals surface area contributed by atoms with E-state index in [1.54, 1.807) is 12.1 Å². The van der Waals surface area contributed by atoms with Crippen molar-refractivity contribution in [2.45, 2.75) is 4.90 Å². The smallest absolute Gasteiger partial charge is 0.271 e. The van der Waals surface area contributed by atoms with E-state index in [0.29, 0.717) is 0 Å². The number of amides is 1. The van der Waals surface area contributed by atoms with Crippen LogP contribution in [0, 0.1) is 10.1 Å². The zero-order chi connectivity index (χ0) is 21.0. The molecule has 0 atom stereocenters. The van der Waals surface area contributed by atoms with Gasteiger partial charge in [-0.1, -0.05) is 23.7 Å². The quantitative estimate of drug-likeness (QED) is 0.448. The maximum atomic E-state index is 12.7.